The highest BCUT2D eigenvalue weighted by Gasteiger charge is 2.43. The number of likely N-dealkylation sites (tertiary alicyclic amines) is 1. The van der Waals surface area contributed by atoms with Crippen LogP contribution < -0.4 is 0 Å². The van der Waals surface area contributed by atoms with Crippen LogP contribution >= 0.6 is 0 Å². The normalized spacial score (nSPS) is 27.9. The van der Waals surface area contributed by atoms with Crippen molar-refractivity contribution in [3.05, 3.63) is 35.9 Å². The second-order valence-corrected chi connectivity index (χ2v) is 11.6. The third-order valence-electron chi connectivity index (χ3n) is 7.42. The maximum atomic E-state index is 12.5. The van der Waals surface area contributed by atoms with Gasteiger partial charge in [-0.05, 0) is 65.9 Å². The van der Waals surface area contributed by atoms with Crippen molar-refractivity contribution in [1.29, 1.82) is 0 Å². The molecule has 0 aromatic heterocycles. The lowest BCUT2D eigenvalue weighted by Crippen LogP contribution is -2.64. The molecule has 0 unspecified atom stereocenters. The Bertz CT molecular complexity index is 863. The molecular weight excluding hydrogens is 458 g/mol. The smallest absolute Gasteiger partial charge is 0.410 e. The first kappa shape index (κ1) is 26.7. The molecule has 8 nitrogen and oxygen atoms in total. The SMILES string of the molecule is C[C@H]1CN(C(=O)OC(C)(C)C)C[C@H](C)N1C1CC(OC2CCN(C(=O)OCc3ccccc3)CC2)C1. The lowest BCUT2D eigenvalue weighted by Gasteiger charge is -2.53. The maximum Gasteiger partial charge on any atom is 0.410 e. The third-order valence-corrected chi connectivity index (χ3v) is 7.42. The second kappa shape index (κ2) is 11.4. The van der Waals surface area contributed by atoms with Gasteiger partial charge < -0.3 is 24.0 Å². The van der Waals surface area contributed by atoms with Gasteiger partial charge in [0.05, 0.1) is 12.2 Å². The predicted molar refractivity (Wildman–Crippen MR) is 138 cm³/mol. The number of rotatable bonds is 5. The number of hydrogen-bond acceptors (Lipinski definition) is 6. The molecule has 1 aromatic carbocycles. The summed E-state index contributed by atoms with van der Waals surface area (Å²) in [6.07, 6.45) is 3.78. The van der Waals surface area contributed by atoms with Crippen LogP contribution in [0.3, 0.4) is 0 Å². The second-order valence-electron chi connectivity index (χ2n) is 11.6. The van der Waals surface area contributed by atoms with Crippen molar-refractivity contribution in [2.45, 2.75) is 103 Å². The Morgan fingerprint density at radius 3 is 2.08 bits per heavy atom. The minimum absolute atomic E-state index is 0.202. The lowest BCUT2D eigenvalue weighted by atomic mass is 9.84. The molecule has 2 aliphatic heterocycles. The van der Waals surface area contributed by atoms with E-state index >= 15 is 0 Å². The van der Waals surface area contributed by atoms with Gasteiger partial charge in [0, 0.05) is 44.3 Å². The van der Waals surface area contributed by atoms with Gasteiger partial charge in [-0.3, -0.25) is 4.90 Å². The summed E-state index contributed by atoms with van der Waals surface area (Å²) in [5.74, 6) is 0. The molecule has 2 saturated heterocycles. The predicted octanol–water partition coefficient (Wildman–Crippen LogP) is 4.66. The molecule has 3 aliphatic rings. The molecule has 0 radical (unpaired) electrons. The largest absolute Gasteiger partial charge is 0.445 e. The van der Waals surface area contributed by atoms with Gasteiger partial charge >= 0.3 is 12.2 Å². The summed E-state index contributed by atoms with van der Waals surface area (Å²) in [5, 5.41) is 0. The van der Waals surface area contributed by atoms with E-state index in [2.05, 4.69) is 18.7 Å². The van der Waals surface area contributed by atoms with E-state index in [-0.39, 0.29) is 36.5 Å². The zero-order valence-electron chi connectivity index (χ0n) is 22.5. The number of carbonyl (C=O) groups is 2. The monoisotopic (exact) mass is 501 g/mol. The Labute approximate surface area is 215 Å². The van der Waals surface area contributed by atoms with E-state index in [0.29, 0.717) is 38.8 Å². The molecule has 0 bridgehead atoms. The Morgan fingerprint density at radius 1 is 0.889 bits per heavy atom. The van der Waals surface area contributed by atoms with Gasteiger partial charge in [0.15, 0.2) is 0 Å². The molecular formula is C28H43N3O5. The van der Waals surface area contributed by atoms with Crippen LogP contribution in [0.25, 0.3) is 0 Å². The molecule has 3 fully saturated rings. The Kier molecular flexibility index (Phi) is 8.45. The molecule has 2 heterocycles. The maximum absolute atomic E-state index is 12.5. The fraction of sp³-hybridized carbons (Fsp3) is 0.714. The van der Waals surface area contributed by atoms with Gasteiger partial charge in [-0.15, -0.1) is 0 Å². The summed E-state index contributed by atoms with van der Waals surface area (Å²) < 4.78 is 17.5. The van der Waals surface area contributed by atoms with Crippen LogP contribution in [0.15, 0.2) is 30.3 Å². The van der Waals surface area contributed by atoms with E-state index in [4.69, 9.17) is 14.2 Å². The van der Waals surface area contributed by atoms with Crippen molar-refractivity contribution in [2.24, 2.45) is 0 Å². The Morgan fingerprint density at radius 2 is 1.50 bits per heavy atom. The number of benzene rings is 1. The molecule has 2 atom stereocenters. The van der Waals surface area contributed by atoms with Crippen LogP contribution in [-0.2, 0) is 20.8 Å². The summed E-state index contributed by atoms with van der Waals surface area (Å²) in [5.41, 5.74) is 0.524. The molecule has 2 amide bonds. The number of carbonyl (C=O) groups excluding carboxylic acids is 2. The number of piperidine rings is 1. The van der Waals surface area contributed by atoms with E-state index in [1.165, 1.54) is 0 Å². The van der Waals surface area contributed by atoms with Crippen LogP contribution in [0.5, 0.6) is 0 Å². The van der Waals surface area contributed by atoms with Crippen molar-refractivity contribution < 1.29 is 23.8 Å². The molecule has 1 aliphatic carbocycles. The molecule has 200 valence electrons. The van der Waals surface area contributed by atoms with Crippen molar-refractivity contribution in [2.75, 3.05) is 26.2 Å². The summed E-state index contributed by atoms with van der Waals surface area (Å²) in [6.45, 7) is 13.2. The molecule has 36 heavy (non-hydrogen) atoms. The molecule has 4 rings (SSSR count). The fourth-order valence-corrected chi connectivity index (χ4v) is 5.68. The van der Waals surface area contributed by atoms with E-state index in [9.17, 15) is 9.59 Å². The first-order valence-corrected chi connectivity index (χ1v) is 13.5. The van der Waals surface area contributed by atoms with E-state index in [1.54, 1.807) is 4.90 Å². The van der Waals surface area contributed by atoms with Crippen LogP contribution in [0, 0.1) is 0 Å². The molecule has 1 saturated carbocycles. The highest BCUT2D eigenvalue weighted by molar-refractivity contribution is 5.68. The molecule has 0 N–H and O–H groups in total. The average molecular weight is 502 g/mol. The van der Waals surface area contributed by atoms with Crippen LogP contribution in [0.1, 0.15) is 65.9 Å². The van der Waals surface area contributed by atoms with E-state index in [1.807, 2.05) is 56.0 Å². The topological polar surface area (TPSA) is 71.6 Å². The first-order valence-electron chi connectivity index (χ1n) is 13.5. The number of nitrogens with zero attached hydrogens (tertiary/aromatic N) is 3. The van der Waals surface area contributed by atoms with Crippen LogP contribution in [0.2, 0.25) is 0 Å². The summed E-state index contributed by atoms with van der Waals surface area (Å²) in [6, 6.07) is 10.8. The Balaban J connectivity index is 1.15. The van der Waals surface area contributed by atoms with Gasteiger partial charge in [-0.25, -0.2) is 9.59 Å². The highest BCUT2D eigenvalue weighted by Crippen LogP contribution is 2.35. The quantitative estimate of drug-likeness (QED) is 0.584. The van der Waals surface area contributed by atoms with Crippen molar-refractivity contribution >= 4 is 12.2 Å². The minimum Gasteiger partial charge on any atom is -0.445 e. The minimum atomic E-state index is -0.474. The van der Waals surface area contributed by atoms with Gasteiger partial charge in [0.2, 0.25) is 0 Å². The average Bonchev–Trinajstić information content (AvgIpc) is 2.80. The number of ether oxygens (including phenoxy) is 3. The number of amides is 2. The zero-order valence-corrected chi connectivity index (χ0v) is 22.5. The van der Waals surface area contributed by atoms with Crippen molar-refractivity contribution in [1.82, 2.24) is 14.7 Å². The highest BCUT2D eigenvalue weighted by atomic mass is 16.6. The van der Waals surface area contributed by atoms with Gasteiger partial charge in [0.25, 0.3) is 0 Å². The standard InChI is InChI=1S/C28H43N3O5/c1-20-17-30(27(33)36-28(3,4)5)18-21(2)31(20)23-15-25(16-23)35-24-11-13-29(14-12-24)26(32)34-19-22-9-7-6-8-10-22/h6-10,20-21,23-25H,11-19H2,1-5H3/t20-,21-,23?,25?/m0/s1. The van der Waals surface area contributed by atoms with Crippen molar-refractivity contribution in [3.63, 3.8) is 0 Å². The molecule has 1 aromatic rings. The fourth-order valence-electron chi connectivity index (χ4n) is 5.68. The van der Waals surface area contributed by atoms with Crippen molar-refractivity contribution in [3.8, 4) is 0 Å². The third kappa shape index (κ3) is 6.91. The zero-order chi connectivity index (χ0) is 25.9. The summed E-state index contributed by atoms with van der Waals surface area (Å²) in [4.78, 5) is 31.1. The lowest BCUT2D eigenvalue weighted by molar-refractivity contribution is -0.122. The molecule has 0 spiro atoms. The summed E-state index contributed by atoms with van der Waals surface area (Å²) >= 11 is 0. The number of piperazine rings is 1. The Hall–Kier alpha value is -2.32. The number of hydrogen-bond donors (Lipinski definition) is 0. The van der Waals surface area contributed by atoms with Crippen LogP contribution in [-0.4, -0.2) is 89.0 Å². The van der Waals surface area contributed by atoms with Crippen LogP contribution in [0.4, 0.5) is 9.59 Å². The van der Waals surface area contributed by atoms with Gasteiger partial charge in [0.1, 0.15) is 12.2 Å². The first-order chi connectivity index (χ1) is 17.1. The van der Waals surface area contributed by atoms with E-state index < -0.39 is 5.60 Å². The van der Waals surface area contributed by atoms with Gasteiger partial charge in [-0.1, -0.05) is 30.3 Å². The molecule has 8 heteroatoms. The summed E-state index contributed by atoms with van der Waals surface area (Å²) in [7, 11) is 0. The van der Waals surface area contributed by atoms with E-state index in [0.717, 1.165) is 31.2 Å². The van der Waals surface area contributed by atoms with Gasteiger partial charge in [-0.2, -0.15) is 0 Å².